The monoisotopic (exact) mass is 743 g/mol. The predicted octanol–water partition coefficient (Wildman–Crippen LogP) is 5.05. The van der Waals surface area contributed by atoms with Crippen molar-refractivity contribution in [1.82, 2.24) is 14.7 Å². The van der Waals surface area contributed by atoms with E-state index in [2.05, 4.69) is 29.1 Å². The topological polar surface area (TPSA) is 117 Å². The fourth-order valence-corrected chi connectivity index (χ4v) is 8.83. The van der Waals surface area contributed by atoms with E-state index in [4.69, 9.17) is 9.47 Å². The van der Waals surface area contributed by atoms with E-state index in [0.717, 1.165) is 0 Å². The number of carbonyl (C=O) groups excluding carboxylic acids is 4. The van der Waals surface area contributed by atoms with E-state index in [1.54, 1.807) is 29.0 Å². The number of ether oxygens (including phenoxy) is 2. The third-order valence-corrected chi connectivity index (χ3v) is 11.7. The first-order valence-electron chi connectivity index (χ1n) is 17.4. The number of hydrogen-bond donors (Lipinski definition) is 1. The van der Waals surface area contributed by atoms with Crippen molar-refractivity contribution in [2.24, 2.45) is 17.8 Å². The molecule has 0 saturated carbocycles. The van der Waals surface area contributed by atoms with Crippen LogP contribution < -0.4 is 0 Å². The zero-order valence-corrected chi connectivity index (χ0v) is 31.6. The SMILES string of the molecule is C=CCCC(=O)N(C)[C@@H](C)[C@@H](OC(=O)[C@H]1[C@@H]2O[C@@]3(CC2Br)[C@@H]1C(=O)N([C@@H](CO)[C@@H](C)CC)[C@@H]3C(=O)N(CC=C)C(C)(C)C)c1ccccc1. The lowest BCUT2D eigenvalue weighted by Gasteiger charge is -2.44. The van der Waals surface area contributed by atoms with Gasteiger partial charge in [-0.2, -0.15) is 0 Å². The molecule has 0 aliphatic carbocycles. The lowest BCUT2D eigenvalue weighted by molar-refractivity contribution is -0.165. The van der Waals surface area contributed by atoms with E-state index in [-0.39, 0.29) is 42.1 Å². The van der Waals surface area contributed by atoms with Gasteiger partial charge in [0, 0.05) is 30.4 Å². The lowest BCUT2D eigenvalue weighted by atomic mass is 9.70. The molecule has 10 nitrogen and oxygen atoms in total. The van der Waals surface area contributed by atoms with Crippen molar-refractivity contribution in [2.45, 2.75) is 114 Å². The maximum Gasteiger partial charge on any atom is 0.313 e. The van der Waals surface area contributed by atoms with Gasteiger partial charge in [0.25, 0.3) is 0 Å². The smallest absolute Gasteiger partial charge is 0.313 e. The Kier molecular flexibility index (Phi) is 12.2. The van der Waals surface area contributed by atoms with Gasteiger partial charge in [0.15, 0.2) is 0 Å². The summed E-state index contributed by atoms with van der Waals surface area (Å²) in [5.74, 6) is -3.61. The highest BCUT2D eigenvalue weighted by molar-refractivity contribution is 9.09. The van der Waals surface area contributed by atoms with Crippen molar-refractivity contribution >= 4 is 39.6 Å². The molecule has 4 rings (SSSR count). The second kappa shape index (κ2) is 15.5. The molecule has 3 saturated heterocycles. The molecule has 1 aromatic carbocycles. The minimum atomic E-state index is -1.33. The number of amides is 3. The number of allylic oxidation sites excluding steroid dienone is 1. The first-order valence-corrected chi connectivity index (χ1v) is 18.3. The Morgan fingerprint density at radius 2 is 1.84 bits per heavy atom. The van der Waals surface area contributed by atoms with E-state index in [1.165, 1.54) is 4.90 Å². The maximum absolute atomic E-state index is 14.8. The normalized spacial score (nSPS) is 28.3. The second-order valence-electron chi connectivity index (χ2n) is 14.8. The van der Waals surface area contributed by atoms with Crippen molar-refractivity contribution in [1.29, 1.82) is 0 Å². The summed E-state index contributed by atoms with van der Waals surface area (Å²) < 4.78 is 13.1. The molecule has 2 bridgehead atoms. The molecule has 1 spiro atoms. The van der Waals surface area contributed by atoms with Crippen LogP contribution in [0, 0.1) is 17.8 Å². The molecule has 0 aromatic heterocycles. The minimum Gasteiger partial charge on any atom is -0.455 e. The number of alkyl halides is 1. The van der Waals surface area contributed by atoms with E-state index in [9.17, 15) is 24.3 Å². The molecule has 3 amide bonds. The Labute approximate surface area is 300 Å². The van der Waals surface area contributed by atoms with Gasteiger partial charge in [-0.25, -0.2) is 0 Å². The molecule has 3 fully saturated rings. The van der Waals surface area contributed by atoms with Gasteiger partial charge in [0.2, 0.25) is 17.7 Å². The summed E-state index contributed by atoms with van der Waals surface area (Å²) in [4.78, 5) is 61.6. The van der Waals surface area contributed by atoms with Gasteiger partial charge >= 0.3 is 5.97 Å². The molecule has 3 aliphatic heterocycles. The fourth-order valence-electron chi connectivity index (χ4n) is 7.88. The van der Waals surface area contributed by atoms with Gasteiger partial charge in [-0.3, -0.25) is 19.2 Å². The molecule has 10 atom stereocenters. The van der Waals surface area contributed by atoms with Crippen LogP contribution in [0.25, 0.3) is 0 Å². The van der Waals surface area contributed by atoms with Crippen LogP contribution in [0.4, 0.5) is 0 Å². The van der Waals surface area contributed by atoms with Crippen molar-refractivity contribution in [2.75, 3.05) is 20.2 Å². The number of aliphatic hydroxyl groups is 1. The highest BCUT2D eigenvalue weighted by atomic mass is 79.9. The molecule has 270 valence electrons. The molecular weight excluding hydrogens is 690 g/mol. The number of likely N-dealkylation sites (tertiary alicyclic amines) is 1. The summed E-state index contributed by atoms with van der Waals surface area (Å²) in [5, 5.41) is 10.7. The van der Waals surface area contributed by atoms with E-state index in [1.807, 2.05) is 71.9 Å². The number of halogens is 1. The quantitative estimate of drug-likeness (QED) is 0.152. The fraction of sp³-hybridized carbons (Fsp3) is 0.632. The largest absolute Gasteiger partial charge is 0.455 e. The molecular formula is C38H54BrN3O7. The van der Waals surface area contributed by atoms with Crippen LogP contribution in [0.15, 0.2) is 55.6 Å². The van der Waals surface area contributed by atoms with Crippen LogP contribution in [0.3, 0.4) is 0 Å². The van der Waals surface area contributed by atoms with Crippen molar-refractivity contribution in [3.05, 3.63) is 61.2 Å². The Bertz CT molecular complexity index is 1400. The van der Waals surface area contributed by atoms with Gasteiger partial charge in [0.05, 0.1) is 36.6 Å². The molecule has 1 aromatic rings. The number of aliphatic hydroxyl groups excluding tert-OH is 1. The van der Waals surface area contributed by atoms with Gasteiger partial charge in [-0.05, 0) is 52.0 Å². The number of nitrogens with zero attached hydrogens (tertiary/aromatic N) is 3. The summed E-state index contributed by atoms with van der Waals surface area (Å²) in [7, 11) is 1.69. The number of hydrogen-bond acceptors (Lipinski definition) is 7. The van der Waals surface area contributed by atoms with Crippen LogP contribution >= 0.6 is 15.9 Å². The predicted molar refractivity (Wildman–Crippen MR) is 191 cm³/mol. The molecule has 49 heavy (non-hydrogen) atoms. The highest BCUT2D eigenvalue weighted by Gasteiger charge is 2.78. The zero-order valence-electron chi connectivity index (χ0n) is 30.0. The van der Waals surface area contributed by atoms with E-state index >= 15 is 0 Å². The Balaban J connectivity index is 1.79. The van der Waals surface area contributed by atoms with Crippen LogP contribution in [0.5, 0.6) is 0 Å². The molecule has 11 heteroatoms. The average molecular weight is 745 g/mol. The summed E-state index contributed by atoms with van der Waals surface area (Å²) in [6, 6.07) is 6.96. The number of benzene rings is 1. The maximum atomic E-state index is 14.8. The Hall–Kier alpha value is -3.02. The Morgan fingerprint density at radius 1 is 1.18 bits per heavy atom. The summed E-state index contributed by atoms with van der Waals surface area (Å²) >= 11 is 3.75. The Morgan fingerprint density at radius 3 is 2.39 bits per heavy atom. The summed E-state index contributed by atoms with van der Waals surface area (Å²) in [6.07, 6.45) is 3.56. The molecule has 1 N–H and O–H groups in total. The highest BCUT2D eigenvalue weighted by Crippen LogP contribution is 2.61. The molecule has 0 radical (unpaired) electrons. The van der Waals surface area contributed by atoms with Gasteiger partial charge in [0.1, 0.15) is 17.7 Å². The number of likely N-dealkylation sites (N-methyl/N-ethyl adjacent to an activating group) is 1. The molecule has 3 aliphatic rings. The number of carbonyl (C=O) groups is 4. The minimum absolute atomic E-state index is 0.113. The standard InChI is InChI=1S/C38H54BrN3O7/c1-10-13-19-28(44)40(9)24(5)31(25-17-15-14-16-18-25)48-36(47)29-30-34(45)42(27(22-43)23(4)12-3)33(38(30)21-26(39)32(29)49-38)35(46)41(20-11-2)37(6,7)8/h10-11,14-18,23-24,26-27,29-33,43H,1-2,12-13,19-22H2,3-9H3/t23-,24-,26?,27-,29+,30-,31+,32+,33+,38-/m0/s1. The average Bonchev–Trinajstić information content (AvgIpc) is 3.67. The summed E-state index contributed by atoms with van der Waals surface area (Å²) in [5.41, 5.74) is -1.24. The third-order valence-electron chi connectivity index (χ3n) is 10.8. The molecule has 3 heterocycles. The van der Waals surface area contributed by atoms with Crippen LogP contribution in [0.1, 0.15) is 78.9 Å². The van der Waals surface area contributed by atoms with E-state index in [0.29, 0.717) is 24.8 Å². The van der Waals surface area contributed by atoms with Crippen LogP contribution in [0.2, 0.25) is 0 Å². The molecule has 1 unspecified atom stereocenters. The second-order valence-corrected chi connectivity index (χ2v) is 16.0. The van der Waals surface area contributed by atoms with Crippen molar-refractivity contribution < 1.29 is 33.8 Å². The van der Waals surface area contributed by atoms with Crippen LogP contribution in [-0.2, 0) is 28.7 Å². The lowest BCUT2D eigenvalue weighted by Crippen LogP contribution is -2.62. The third kappa shape index (κ3) is 7.13. The van der Waals surface area contributed by atoms with E-state index < -0.39 is 65.2 Å². The zero-order chi connectivity index (χ0) is 36.4. The van der Waals surface area contributed by atoms with Crippen molar-refractivity contribution in [3.8, 4) is 0 Å². The first kappa shape index (κ1) is 38.8. The number of fused-ring (bicyclic) bond motifs is 1. The number of rotatable bonds is 15. The summed E-state index contributed by atoms with van der Waals surface area (Å²) in [6.45, 7) is 19.0. The van der Waals surface area contributed by atoms with Crippen LogP contribution in [-0.4, -0.2) is 104 Å². The van der Waals surface area contributed by atoms with Gasteiger partial charge in [-0.15, -0.1) is 13.2 Å². The van der Waals surface area contributed by atoms with Gasteiger partial charge in [-0.1, -0.05) is 78.7 Å². The van der Waals surface area contributed by atoms with Gasteiger partial charge < -0.3 is 29.3 Å². The number of esters is 1. The van der Waals surface area contributed by atoms with Crippen molar-refractivity contribution in [3.63, 3.8) is 0 Å². The first-order chi connectivity index (χ1) is 23.1.